The van der Waals surface area contributed by atoms with Gasteiger partial charge in [-0.15, -0.1) is 0 Å². The summed E-state index contributed by atoms with van der Waals surface area (Å²) >= 11 is 0. The zero-order valence-corrected chi connectivity index (χ0v) is 14.0. The Hall–Kier alpha value is -1.36. The maximum absolute atomic E-state index is 12.4. The number of hydrogen-bond donors (Lipinski definition) is 1. The number of carbonyl (C=O) groups is 1. The SMILES string of the molecule is CC(C)[C@H]1CN(C(C)C)C[C@H]1NC(=O)c1cc(C2CC2)on1. The van der Waals surface area contributed by atoms with E-state index in [-0.39, 0.29) is 11.9 Å². The van der Waals surface area contributed by atoms with E-state index in [2.05, 4.69) is 43.1 Å². The monoisotopic (exact) mass is 305 g/mol. The highest BCUT2D eigenvalue weighted by Gasteiger charge is 2.37. The van der Waals surface area contributed by atoms with E-state index < -0.39 is 0 Å². The van der Waals surface area contributed by atoms with Gasteiger partial charge >= 0.3 is 0 Å². The van der Waals surface area contributed by atoms with Gasteiger partial charge in [-0.3, -0.25) is 9.69 Å². The lowest BCUT2D eigenvalue weighted by Crippen LogP contribution is -2.42. The van der Waals surface area contributed by atoms with E-state index in [1.165, 1.54) is 0 Å². The maximum atomic E-state index is 12.4. The Kier molecular flexibility index (Phi) is 4.26. The quantitative estimate of drug-likeness (QED) is 0.908. The number of rotatable bonds is 5. The van der Waals surface area contributed by atoms with Crippen molar-refractivity contribution in [3.63, 3.8) is 0 Å². The molecular weight excluding hydrogens is 278 g/mol. The molecule has 22 heavy (non-hydrogen) atoms. The summed E-state index contributed by atoms with van der Waals surface area (Å²) < 4.78 is 5.29. The lowest BCUT2D eigenvalue weighted by atomic mass is 9.91. The highest BCUT2D eigenvalue weighted by atomic mass is 16.5. The normalized spacial score (nSPS) is 26.1. The molecule has 1 saturated heterocycles. The molecule has 5 nitrogen and oxygen atoms in total. The molecule has 0 unspecified atom stereocenters. The van der Waals surface area contributed by atoms with Crippen molar-refractivity contribution in [3.05, 3.63) is 17.5 Å². The number of likely N-dealkylation sites (tertiary alicyclic amines) is 1. The first-order valence-electron chi connectivity index (χ1n) is 8.47. The van der Waals surface area contributed by atoms with Crippen LogP contribution in [0.1, 0.15) is 62.7 Å². The summed E-state index contributed by atoms with van der Waals surface area (Å²) in [5.41, 5.74) is 0.424. The minimum atomic E-state index is -0.100. The van der Waals surface area contributed by atoms with Gasteiger partial charge in [-0.25, -0.2) is 0 Å². The fourth-order valence-corrected chi connectivity index (χ4v) is 3.31. The van der Waals surface area contributed by atoms with Crippen molar-refractivity contribution >= 4 is 5.91 Å². The summed E-state index contributed by atoms with van der Waals surface area (Å²) in [4.78, 5) is 14.9. The third-order valence-electron chi connectivity index (χ3n) is 5.04. The lowest BCUT2D eigenvalue weighted by Gasteiger charge is -2.22. The van der Waals surface area contributed by atoms with E-state index in [9.17, 15) is 4.79 Å². The summed E-state index contributed by atoms with van der Waals surface area (Å²) in [6.45, 7) is 10.8. The van der Waals surface area contributed by atoms with Crippen LogP contribution in [-0.4, -0.2) is 41.1 Å². The molecule has 1 N–H and O–H groups in total. The number of carbonyl (C=O) groups excluding carboxylic acids is 1. The molecule has 1 saturated carbocycles. The van der Waals surface area contributed by atoms with E-state index in [1.54, 1.807) is 0 Å². The van der Waals surface area contributed by atoms with E-state index in [0.29, 0.717) is 29.5 Å². The van der Waals surface area contributed by atoms with Crippen LogP contribution in [-0.2, 0) is 0 Å². The highest BCUT2D eigenvalue weighted by molar-refractivity contribution is 5.92. The molecule has 0 aromatic carbocycles. The molecule has 0 spiro atoms. The minimum Gasteiger partial charge on any atom is -0.360 e. The Morgan fingerprint density at radius 2 is 2.05 bits per heavy atom. The van der Waals surface area contributed by atoms with Crippen LogP contribution in [0, 0.1) is 11.8 Å². The third-order valence-corrected chi connectivity index (χ3v) is 5.04. The fourth-order valence-electron chi connectivity index (χ4n) is 3.31. The number of aromatic nitrogens is 1. The van der Waals surface area contributed by atoms with Crippen molar-refractivity contribution in [1.29, 1.82) is 0 Å². The summed E-state index contributed by atoms with van der Waals surface area (Å²) in [5, 5.41) is 7.12. The van der Waals surface area contributed by atoms with Crippen molar-refractivity contribution in [1.82, 2.24) is 15.4 Å². The number of nitrogens with one attached hydrogen (secondary N) is 1. The van der Waals surface area contributed by atoms with Crippen molar-refractivity contribution in [2.75, 3.05) is 13.1 Å². The Labute approximate surface area is 132 Å². The van der Waals surface area contributed by atoms with Gasteiger partial charge in [0.25, 0.3) is 5.91 Å². The van der Waals surface area contributed by atoms with Crippen LogP contribution < -0.4 is 5.32 Å². The van der Waals surface area contributed by atoms with Crippen molar-refractivity contribution in [2.24, 2.45) is 11.8 Å². The molecule has 1 aromatic heterocycles. The van der Waals surface area contributed by atoms with Crippen LogP contribution in [0.3, 0.4) is 0 Å². The molecule has 0 radical (unpaired) electrons. The average molecular weight is 305 g/mol. The van der Waals surface area contributed by atoms with Crippen LogP contribution in [0.5, 0.6) is 0 Å². The lowest BCUT2D eigenvalue weighted by molar-refractivity contribution is 0.0915. The molecule has 5 heteroatoms. The predicted molar refractivity (Wildman–Crippen MR) is 84.8 cm³/mol. The summed E-state index contributed by atoms with van der Waals surface area (Å²) in [6.07, 6.45) is 2.30. The number of amides is 1. The molecule has 1 aliphatic heterocycles. The second kappa shape index (κ2) is 6.03. The molecule has 2 heterocycles. The summed E-state index contributed by atoms with van der Waals surface area (Å²) in [6, 6.07) is 2.51. The first-order valence-corrected chi connectivity index (χ1v) is 8.47. The standard InChI is InChI=1S/C17H27N3O2/c1-10(2)13-8-20(11(3)4)9-15(13)18-17(21)14-7-16(22-19-14)12-5-6-12/h7,10-13,15H,5-6,8-9H2,1-4H3,(H,18,21)/t13-,15-/m1/s1. The second-order valence-electron chi connectivity index (χ2n) is 7.42. The van der Waals surface area contributed by atoms with E-state index >= 15 is 0 Å². The van der Waals surface area contributed by atoms with Crippen LogP contribution in [0.25, 0.3) is 0 Å². The molecule has 122 valence electrons. The second-order valence-corrected chi connectivity index (χ2v) is 7.42. The molecule has 2 fully saturated rings. The van der Waals surface area contributed by atoms with Crippen molar-refractivity contribution < 1.29 is 9.32 Å². The van der Waals surface area contributed by atoms with Gasteiger partial charge < -0.3 is 9.84 Å². The molecule has 1 aromatic rings. The smallest absolute Gasteiger partial charge is 0.273 e. The molecule has 3 rings (SSSR count). The largest absolute Gasteiger partial charge is 0.360 e. The van der Waals surface area contributed by atoms with E-state index in [1.807, 2.05) is 6.07 Å². The van der Waals surface area contributed by atoms with Gasteiger partial charge in [0, 0.05) is 37.2 Å². The Morgan fingerprint density at radius 3 is 2.64 bits per heavy atom. The summed E-state index contributed by atoms with van der Waals surface area (Å²) in [7, 11) is 0. The fraction of sp³-hybridized carbons (Fsp3) is 0.765. The Bertz CT molecular complexity index is 534. The molecule has 2 atom stereocenters. The van der Waals surface area contributed by atoms with Crippen molar-refractivity contribution in [2.45, 2.75) is 58.5 Å². The third kappa shape index (κ3) is 3.19. The van der Waals surface area contributed by atoms with Gasteiger partial charge in [0.15, 0.2) is 5.69 Å². The Balaban J connectivity index is 1.65. The van der Waals surface area contributed by atoms with Crippen molar-refractivity contribution in [3.8, 4) is 0 Å². The van der Waals surface area contributed by atoms with Gasteiger partial charge in [0.05, 0.1) is 0 Å². The molecule has 2 aliphatic rings. The van der Waals surface area contributed by atoms with Crippen LogP contribution in [0.4, 0.5) is 0 Å². The van der Waals surface area contributed by atoms with Gasteiger partial charge in [-0.05, 0) is 38.5 Å². The van der Waals surface area contributed by atoms with Crippen LogP contribution >= 0.6 is 0 Å². The Morgan fingerprint density at radius 1 is 1.32 bits per heavy atom. The topological polar surface area (TPSA) is 58.4 Å². The number of hydrogen-bond acceptors (Lipinski definition) is 4. The van der Waals surface area contributed by atoms with Gasteiger partial charge in [-0.2, -0.15) is 0 Å². The molecule has 1 aliphatic carbocycles. The molecular formula is C17H27N3O2. The zero-order chi connectivity index (χ0) is 15.9. The zero-order valence-electron chi connectivity index (χ0n) is 14.0. The van der Waals surface area contributed by atoms with Crippen LogP contribution in [0.15, 0.2) is 10.6 Å². The molecule has 0 bridgehead atoms. The van der Waals surface area contributed by atoms with E-state index in [0.717, 1.165) is 31.7 Å². The molecule has 1 amide bonds. The van der Waals surface area contributed by atoms with Gasteiger partial charge in [0.1, 0.15) is 5.76 Å². The number of nitrogens with zero attached hydrogens (tertiary/aromatic N) is 2. The first-order chi connectivity index (χ1) is 10.5. The first kappa shape index (κ1) is 15.5. The average Bonchev–Trinajstić information content (AvgIpc) is 3.02. The van der Waals surface area contributed by atoms with Crippen LogP contribution in [0.2, 0.25) is 0 Å². The maximum Gasteiger partial charge on any atom is 0.273 e. The minimum absolute atomic E-state index is 0.100. The van der Waals surface area contributed by atoms with E-state index in [4.69, 9.17) is 4.52 Å². The summed E-state index contributed by atoms with van der Waals surface area (Å²) in [5.74, 6) is 2.28. The predicted octanol–water partition coefficient (Wildman–Crippen LogP) is 2.65. The van der Waals surface area contributed by atoms with Gasteiger partial charge in [-0.1, -0.05) is 19.0 Å². The highest BCUT2D eigenvalue weighted by Crippen LogP contribution is 2.40. The van der Waals surface area contributed by atoms with Gasteiger partial charge in [0.2, 0.25) is 0 Å².